The van der Waals surface area contributed by atoms with E-state index in [-0.39, 0.29) is 6.04 Å². The van der Waals surface area contributed by atoms with Crippen LogP contribution >= 0.6 is 0 Å². The van der Waals surface area contributed by atoms with E-state index < -0.39 is 0 Å². The summed E-state index contributed by atoms with van der Waals surface area (Å²) in [4.78, 5) is 8.33. The van der Waals surface area contributed by atoms with Crippen molar-refractivity contribution in [3.63, 3.8) is 0 Å². The van der Waals surface area contributed by atoms with Crippen LogP contribution in [-0.2, 0) is 6.42 Å². The van der Waals surface area contributed by atoms with Crippen LogP contribution in [-0.4, -0.2) is 9.97 Å². The summed E-state index contributed by atoms with van der Waals surface area (Å²) >= 11 is 0. The summed E-state index contributed by atoms with van der Waals surface area (Å²) < 4.78 is 0. The molecular weight excluding hydrogens is 224 g/mol. The highest BCUT2D eigenvalue weighted by Gasteiger charge is 2.10. The van der Waals surface area contributed by atoms with Gasteiger partial charge in [-0.05, 0) is 24.8 Å². The molecule has 0 aliphatic heterocycles. The van der Waals surface area contributed by atoms with Crippen molar-refractivity contribution in [3.8, 4) is 0 Å². The number of hydrazine groups is 1. The molecule has 1 heterocycles. The van der Waals surface area contributed by atoms with Crippen molar-refractivity contribution < 1.29 is 0 Å². The van der Waals surface area contributed by atoms with Crippen LogP contribution < -0.4 is 11.3 Å². The maximum Gasteiger partial charge on any atom is 0.0769 e. The van der Waals surface area contributed by atoms with Crippen molar-refractivity contribution in [2.75, 3.05) is 0 Å². The number of nitrogens with two attached hydrogens (primary N) is 1. The van der Waals surface area contributed by atoms with E-state index in [0.29, 0.717) is 0 Å². The van der Waals surface area contributed by atoms with Gasteiger partial charge in [0.05, 0.1) is 17.9 Å². The van der Waals surface area contributed by atoms with Crippen molar-refractivity contribution in [2.45, 2.75) is 25.3 Å². The summed E-state index contributed by atoms with van der Waals surface area (Å²) in [6.45, 7) is 0. The van der Waals surface area contributed by atoms with E-state index in [0.717, 1.165) is 25.0 Å². The number of benzene rings is 1. The highest BCUT2D eigenvalue weighted by atomic mass is 15.2. The van der Waals surface area contributed by atoms with E-state index in [1.807, 2.05) is 6.07 Å². The molecule has 0 bridgehead atoms. The molecule has 0 radical (unpaired) electrons. The summed E-state index contributed by atoms with van der Waals surface area (Å²) in [7, 11) is 0. The molecule has 1 aromatic carbocycles. The van der Waals surface area contributed by atoms with Gasteiger partial charge < -0.3 is 0 Å². The Balaban J connectivity index is 1.85. The third-order valence-electron chi connectivity index (χ3n) is 2.94. The van der Waals surface area contributed by atoms with Crippen molar-refractivity contribution in [2.24, 2.45) is 5.84 Å². The molecule has 0 saturated carbocycles. The molecule has 0 amide bonds. The van der Waals surface area contributed by atoms with Crippen LogP contribution in [0.15, 0.2) is 48.9 Å². The molecule has 0 aliphatic carbocycles. The molecule has 2 rings (SSSR count). The molecule has 18 heavy (non-hydrogen) atoms. The molecule has 1 unspecified atom stereocenters. The second-order valence-corrected chi connectivity index (χ2v) is 4.23. The van der Waals surface area contributed by atoms with E-state index >= 15 is 0 Å². The molecule has 1 atom stereocenters. The minimum atomic E-state index is 0.0717. The lowest BCUT2D eigenvalue weighted by Crippen LogP contribution is -2.28. The topological polar surface area (TPSA) is 63.8 Å². The molecular formula is C14H18N4. The van der Waals surface area contributed by atoms with Crippen molar-refractivity contribution in [3.05, 3.63) is 60.2 Å². The van der Waals surface area contributed by atoms with Gasteiger partial charge in [-0.15, -0.1) is 0 Å². The lowest BCUT2D eigenvalue weighted by atomic mass is 10.0. The molecule has 0 aliphatic rings. The predicted octanol–water partition coefficient (Wildman–Crippen LogP) is 2.00. The smallest absolute Gasteiger partial charge is 0.0769 e. The number of aryl methyl sites for hydroxylation is 1. The van der Waals surface area contributed by atoms with E-state index in [4.69, 9.17) is 5.84 Å². The second kappa shape index (κ2) is 6.83. The Morgan fingerprint density at radius 3 is 2.67 bits per heavy atom. The van der Waals surface area contributed by atoms with Crippen LogP contribution in [0.1, 0.15) is 30.1 Å². The van der Waals surface area contributed by atoms with E-state index in [2.05, 4.69) is 39.7 Å². The predicted molar refractivity (Wildman–Crippen MR) is 71.5 cm³/mol. The number of aromatic nitrogens is 2. The quantitative estimate of drug-likeness (QED) is 0.600. The van der Waals surface area contributed by atoms with Gasteiger partial charge in [0, 0.05) is 12.4 Å². The monoisotopic (exact) mass is 242 g/mol. The summed E-state index contributed by atoms with van der Waals surface area (Å²) in [6.07, 6.45) is 8.18. The van der Waals surface area contributed by atoms with Crippen molar-refractivity contribution in [1.29, 1.82) is 0 Å². The van der Waals surface area contributed by atoms with E-state index in [9.17, 15) is 0 Å². The van der Waals surface area contributed by atoms with Gasteiger partial charge in [-0.2, -0.15) is 0 Å². The Kier molecular flexibility index (Phi) is 4.81. The Labute approximate surface area is 107 Å². The zero-order valence-electron chi connectivity index (χ0n) is 10.3. The standard InChI is InChI=1S/C14H18N4/c15-18-13(14-11-16-9-10-17-14)8-4-7-12-5-2-1-3-6-12/h1-3,5-6,9-11,13,18H,4,7-8,15H2. The molecule has 0 saturated heterocycles. The lowest BCUT2D eigenvalue weighted by Gasteiger charge is -2.14. The van der Waals surface area contributed by atoms with Gasteiger partial charge in [-0.1, -0.05) is 30.3 Å². The number of hydrogen-bond donors (Lipinski definition) is 2. The van der Waals surface area contributed by atoms with Crippen LogP contribution in [0.5, 0.6) is 0 Å². The molecule has 4 nitrogen and oxygen atoms in total. The van der Waals surface area contributed by atoms with Gasteiger partial charge >= 0.3 is 0 Å². The third-order valence-corrected chi connectivity index (χ3v) is 2.94. The largest absolute Gasteiger partial charge is 0.271 e. The van der Waals surface area contributed by atoms with Crippen LogP contribution in [0.3, 0.4) is 0 Å². The number of rotatable bonds is 6. The van der Waals surface area contributed by atoms with Crippen LogP contribution in [0.25, 0.3) is 0 Å². The van der Waals surface area contributed by atoms with Crippen LogP contribution in [0.2, 0.25) is 0 Å². The zero-order chi connectivity index (χ0) is 12.6. The minimum Gasteiger partial charge on any atom is -0.271 e. The van der Waals surface area contributed by atoms with Gasteiger partial charge in [0.2, 0.25) is 0 Å². The molecule has 4 heteroatoms. The van der Waals surface area contributed by atoms with Gasteiger partial charge in [-0.3, -0.25) is 21.2 Å². The summed E-state index contributed by atoms with van der Waals surface area (Å²) in [5.74, 6) is 5.57. The summed E-state index contributed by atoms with van der Waals surface area (Å²) in [6, 6.07) is 10.5. The number of nitrogens with one attached hydrogen (secondary N) is 1. The zero-order valence-corrected chi connectivity index (χ0v) is 10.3. The average molecular weight is 242 g/mol. The van der Waals surface area contributed by atoms with Gasteiger partial charge in [0.25, 0.3) is 0 Å². The molecule has 1 aromatic heterocycles. The first-order valence-electron chi connectivity index (χ1n) is 6.16. The first kappa shape index (κ1) is 12.7. The lowest BCUT2D eigenvalue weighted by molar-refractivity contribution is 0.486. The van der Waals surface area contributed by atoms with Crippen molar-refractivity contribution in [1.82, 2.24) is 15.4 Å². The highest BCUT2D eigenvalue weighted by Crippen LogP contribution is 2.16. The van der Waals surface area contributed by atoms with Gasteiger partial charge in [0.1, 0.15) is 0 Å². The Hall–Kier alpha value is -1.78. The van der Waals surface area contributed by atoms with Gasteiger partial charge in [-0.25, -0.2) is 0 Å². The fourth-order valence-electron chi connectivity index (χ4n) is 1.96. The SMILES string of the molecule is NNC(CCCc1ccccc1)c1cnccn1. The Morgan fingerprint density at radius 2 is 2.00 bits per heavy atom. The maximum atomic E-state index is 5.57. The number of nitrogens with zero attached hydrogens (tertiary/aromatic N) is 2. The second-order valence-electron chi connectivity index (χ2n) is 4.23. The Morgan fingerprint density at radius 1 is 1.17 bits per heavy atom. The Bertz CT molecular complexity index is 444. The van der Waals surface area contributed by atoms with E-state index in [1.54, 1.807) is 18.6 Å². The number of hydrogen-bond acceptors (Lipinski definition) is 4. The summed E-state index contributed by atoms with van der Waals surface area (Å²) in [5.41, 5.74) is 5.05. The molecule has 0 spiro atoms. The highest BCUT2D eigenvalue weighted by molar-refractivity contribution is 5.14. The first-order valence-corrected chi connectivity index (χ1v) is 6.16. The van der Waals surface area contributed by atoms with Crippen molar-refractivity contribution >= 4 is 0 Å². The van der Waals surface area contributed by atoms with Gasteiger partial charge in [0.15, 0.2) is 0 Å². The van der Waals surface area contributed by atoms with Crippen LogP contribution in [0.4, 0.5) is 0 Å². The molecule has 3 N–H and O–H groups in total. The first-order chi connectivity index (χ1) is 8.90. The summed E-state index contributed by atoms with van der Waals surface area (Å²) in [5, 5.41) is 0. The fourth-order valence-corrected chi connectivity index (χ4v) is 1.96. The molecule has 94 valence electrons. The maximum absolute atomic E-state index is 5.57. The normalized spacial score (nSPS) is 12.3. The van der Waals surface area contributed by atoms with E-state index in [1.165, 1.54) is 5.56 Å². The average Bonchev–Trinajstić information content (AvgIpc) is 2.46. The molecule has 0 fully saturated rings. The third kappa shape index (κ3) is 3.61. The van der Waals surface area contributed by atoms with Crippen LogP contribution in [0, 0.1) is 0 Å². The molecule has 2 aromatic rings. The fraction of sp³-hybridized carbons (Fsp3) is 0.286. The minimum absolute atomic E-state index is 0.0717.